The highest BCUT2D eigenvalue weighted by atomic mass is 32.2. The predicted molar refractivity (Wildman–Crippen MR) is 52.7 cm³/mol. The zero-order valence-electron chi connectivity index (χ0n) is 7.98. The molecule has 0 saturated heterocycles. The van der Waals surface area contributed by atoms with Crippen molar-refractivity contribution in [3.05, 3.63) is 12.7 Å². The summed E-state index contributed by atoms with van der Waals surface area (Å²) in [5, 5.41) is -1.19. The summed E-state index contributed by atoms with van der Waals surface area (Å²) in [6, 6.07) is 0. The van der Waals surface area contributed by atoms with Gasteiger partial charge < -0.3 is 9.79 Å². The molecule has 0 aliphatic rings. The van der Waals surface area contributed by atoms with Crippen LogP contribution >= 0.6 is 7.82 Å². The van der Waals surface area contributed by atoms with Crippen molar-refractivity contribution in [2.24, 2.45) is 0 Å². The van der Waals surface area contributed by atoms with Gasteiger partial charge in [-0.15, -0.1) is 6.58 Å². The van der Waals surface area contributed by atoms with Gasteiger partial charge in [0.05, 0.1) is 11.4 Å². The molecule has 0 amide bonds. The summed E-state index contributed by atoms with van der Waals surface area (Å²) in [7, 11) is -8.94. The van der Waals surface area contributed by atoms with Crippen molar-refractivity contribution >= 4 is 17.9 Å². The van der Waals surface area contributed by atoms with Crippen LogP contribution in [0.15, 0.2) is 12.7 Å². The van der Waals surface area contributed by atoms with Crippen molar-refractivity contribution in [2.45, 2.75) is 24.7 Å². The monoisotopic (exact) mass is 260 g/mol. The molecule has 0 aromatic rings. The van der Waals surface area contributed by atoms with E-state index in [1.165, 1.54) is 6.92 Å². The first-order valence-electron chi connectivity index (χ1n) is 3.89. The molecule has 0 radical (unpaired) electrons. The second-order valence-electron chi connectivity index (χ2n) is 2.93. The first-order valence-corrected chi connectivity index (χ1v) is 6.92. The quantitative estimate of drug-likeness (QED) is 0.357. The second-order valence-corrected chi connectivity index (χ2v) is 5.96. The van der Waals surface area contributed by atoms with Gasteiger partial charge in [-0.05, 0) is 13.3 Å². The third-order valence-electron chi connectivity index (χ3n) is 1.61. The van der Waals surface area contributed by atoms with Gasteiger partial charge >= 0.3 is 7.82 Å². The van der Waals surface area contributed by atoms with E-state index in [2.05, 4.69) is 11.1 Å². The molecule has 0 aliphatic carbocycles. The third kappa shape index (κ3) is 6.77. The lowest BCUT2D eigenvalue weighted by molar-refractivity contribution is 0.155. The molecular weight excluding hydrogens is 247 g/mol. The molecule has 0 spiro atoms. The molecule has 0 bridgehead atoms. The van der Waals surface area contributed by atoms with Crippen LogP contribution in [0.3, 0.4) is 0 Å². The number of rotatable bonds is 6. The Kier molecular flexibility index (Phi) is 5.12. The molecule has 3 N–H and O–H groups in total. The standard InChI is InChI=1S/C6H13O7PS/c1-3-6(13-14(7,8)9)4-5(2)15(10,11)12/h3,5-6H,1,4H2,2H3,(H2,7,8,9)(H,10,11,12). The van der Waals surface area contributed by atoms with Crippen LogP contribution in [-0.2, 0) is 19.2 Å². The molecule has 2 atom stereocenters. The molecule has 90 valence electrons. The van der Waals surface area contributed by atoms with Crippen LogP contribution < -0.4 is 0 Å². The average molecular weight is 260 g/mol. The maximum absolute atomic E-state index is 10.6. The highest BCUT2D eigenvalue weighted by molar-refractivity contribution is 7.86. The first kappa shape index (κ1) is 14.8. The Bertz CT molecular complexity index is 356. The predicted octanol–water partition coefficient (Wildman–Crippen LogP) is 0.317. The summed E-state index contributed by atoms with van der Waals surface area (Å²) in [6.45, 7) is 4.42. The number of phosphoric acid groups is 1. The van der Waals surface area contributed by atoms with E-state index in [1.807, 2.05) is 0 Å². The van der Waals surface area contributed by atoms with Crippen LogP contribution in [0.5, 0.6) is 0 Å². The maximum Gasteiger partial charge on any atom is 0.470 e. The van der Waals surface area contributed by atoms with Crippen molar-refractivity contribution in [3.8, 4) is 0 Å². The normalized spacial score (nSPS) is 17.1. The van der Waals surface area contributed by atoms with Crippen LogP contribution in [0.25, 0.3) is 0 Å². The lowest BCUT2D eigenvalue weighted by Crippen LogP contribution is -2.23. The average Bonchev–Trinajstić information content (AvgIpc) is 1.98. The summed E-state index contributed by atoms with van der Waals surface area (Å²) in [5.74, 6) is 0. The van der Waals surface area contributed by atoms with Gasteiger partial charge in [0.15, 0.2) is 0 Å². The smallest absolute Gasteiger partial charge is 0.303 e. The molecule has 9 heteroatoms. The molecule has 0 rings (SSSR count). The minimum Gasteiger partial charge on any atom is -0.303 e. The van der Waals surface area contributed by atoms with Gasteiger partial charge in [-0.1, -0.05) is 6.08 Å². The number of phosphoric ester groups is 1. The summed E-state index contributed by atoms with van der Waals surface area (Å²) in [6.07, 6.45) is -0.364. The molecule has 15 heavy (non-hydrogen) atoms. The van der Waals surface area contributed by atoms with Crippen molar-refractivity contribution in [3.63, 3.8) is 0 Å². The lowest BCUT2D eigenvalue weighted by Gasteiger charge is -2.16. The molecule has 0 saturated carbocycles. The highest BCUT2D eigenvalue weighted by Crippen LogP contribution is 2.38. The summed E-state index contributed by atoms with van der Waals surface area (Å²) in [5.41, 5.74) is 0. The van der Waals surface area contributed by atoms with E-state index < -0.39 is 29.3 Å². The van der Waals surface area contributed by atoms with Gasteiger partial charge in [-0.3, -0.25) is 9.08 Å². The van der Waals surface area contributed by atoms with Crippen molar-refractivity contribution in [1.29, 1.82) is 0 Å². The Hall–Kier alpha value is -0.240. The third-order valence-corrected chi connectivity index (χ3v) is 3.36. The van der Waals surface area contributed by atoms with Crippen LogP contribution in [0.4, 0.5) is 0 Å². The molecule has 0 aromatic carbocycles. The molecule has 7 nitrogen and oxygen atoms in total. The number of hydrogen-bond donors (Lipinski definition) is 3. The molecule has 0 fully saturated rings. The van der Waals surface area contributed by atoms with E-state index in [-0.39, 0.29) is 6.42 Å². The van der Waals surface area contributed by atoms with Gasteiger partial charge in [0.2, 0.25) is 0 Å². The fourth-order valence-electron chi connectivity index (χ4n) is 0.807. The fourth-order valence-corrected chi connectivity index (χ4v) is 1.77. The Balaban J connectivity index is 4.49. The summed E-state index contributed by atoms with van der Waals surface area (Å²) >= 11 is 0. The minimum absolute atomic E-state index is 0.284. The first-order chi connectivity index (χ1) is 6.56. The molecule has 0 aliphatic heterocycles. The Morgan fingerprint density at radius 1 is 1.53 bits per heavy atom. The van der Waals surface area contributed by atoms with E-state index in [1.54, 1.807) is 0 Å². The highest BCUT2D eigenvalue weighted by Gasteiger charge is 2.26. The summed E-state index contributed by atoms with van der Waals surface area (Å²) < 4.78 is 44.5. The van der Waals surface area contributed by atoms with Gasteiger partial charge in [0.1, 0.15) is 0 Å². The zero-order valence-corrected chi connectivity index (χ0v) is 9.69. The van der Waals surface area contributed by atoms with Crippen molar-refractivity contribution < 1.29 is 31.8 Å². The van der Waals surface area contributed by atoms with E-state index >= 15 is 0 Å². The number of hydrogen-bond acceptors (Lipinski definition) is 4. The van der Waals surface area contributed by atoms with Crippen LogP contribution in [-0.4, -0.2) is 34.1 Å². The molecular formula is C6H13O7PS. The lowest BCUT2D eigenvalue weighted by atomic mass is 10.2. The van der Waals surface area contributed by atoms with E-state index in [0.29, 0.717) is 0 Å². The van der Waals surface area contributed by atoms with Gasteiger partial charge in [0, 0.05) is 0 Å². The maximum atomic E-state index is 10.6. The minimum atomic E-state index is -4.69. The van der Waals surface area contributed by atoms with E-state index in [4.69, 9.17) is 14.3 Å². The van der Waals surface area contributed by atoms with Crippen molar-refractivity contribution in [1.82, 2.24) is 0 Å². The summed E-state index contributed by atoms with van der Waals surface area (Å²) in [4.78, 5) is 16.9. The van der Waals surface area contributed by atoms with Crippen LogP contribution in [0.2, 0.25) is 0 Å². The van der Waals surface area contributed by atoms with Gasteiger partial charge in [0.25, 0.3) is 10.1 Å². The van der Waals surface area contributed by atoms with Gasteiger partial charge in [-0.25, -0.2) is 4.57 Å². The van der Waals surface area contributed by atoms with E-state index in [9.17, 15) is 13.0 Å². The van der Waals surface area contributed by atoms with Crippen LogP contribution in [0.1, 0.15) is 13.3 Å². The molecule has 0 aromatic heterocycles. The Labute approximate surface area is 87.8 Å². The van der Waals surface area contributed by atoms with Crippen LogP contribution in [0, 0.1) is 0 Å². The zero-order chi connectivity index (χ0) is 12.3. The topological polar surface area (TPSA) is 121 Å². The van der Waals surface area contributed by atoms with Gasteiger partial charge in [-0.2, -0.15) is 8.42 Å². The van der Waals surface area contributed by atoms with Crippen molar-refractivity contribution in [2.75, 3.05) is 0 Å². The Morgan fingerprint density at radius 2 is 2.00 bits per heavy atom. The van der Waals surface area contributed by atoms with E-state index in [0.717, 1.165) is 6.08 Å². The molecule has 2 unspecified atom stereocenters. The Morgan fingerprint density at radius 3 is 2.27 bits per heavy atom. The largest absolute Gasteiger partial charge is 0.470 e. The second kappa shape index (κ2) is 5.20. The fraction of sp³-hybridized carbons (Fsp3) is 0.667. The SMILES string of the molecule is C=CC(CC(C)S(=O)(=O)O)OP(=O)(O)O. The molecule has 0 heterocycles.